The van der Waals surface area contributed by atoms with Crippen LogP contribution >= 0.6 is 0 Å². The lowest BCUT2D eigenvalue weighted by molar-refractivity contribution is -0.116. The number of Topliss-reactive ketones (excluding diaryl/α,β-unsaturated/α-hetero) is 1. The Balaban J connectivity index is 2.50. The number of fused-ring (bicyclic) bond motifs is 1. The summed E-state index contributed by atoms with van der Waals surface area (Å²) < 4.78 is 7.75. The Morgan fingerprint density at radius 1 is 1.37 bits per heavy atom. The first kappa shape index (κ1) is 13.7. The van der Waals surface area contributed by atoms with Gasteiger partial charge in [0.15, 0.2) is 0 Å². The van der Waals surface area contributed by atoms with Gasteiger partial charge in [-0.05, 0) is 51.0 Å². The number of aryl methyl sites for hydroxylation is 2. The predicted octanol–water partition coefficient (Wildman–Crippen LogP) is 3.41. The van der Waals surface area contributed by atoms with E-state index in [0.29, 0.717) is 13.0 Å². The number of carbonyl (C=O) groups excluding carboxylic acids is 1. The average molecular weight is 259 g/mol. The molecule has 1 aromatic carbocycles. The third-order valence-electron chi connectivity index (χ3n) is 3.63. The highest BCUT2D eigenvalue weighted by atomic mass is 16.5. The van der Waals surface area contributed by atoms with Gasteiger partial charge in [-0.15, -0.1) is 0 Å². The Hall–Kier alpha value is -1.77. The Kier molecular flexibility index (Phi) is 3.93. The summed E-state index contributed by atoms with van der Waals surface area (Å²) in [7, 11) is 2.06. The maximum Gasteiger partial charge on any atom is 0.130 e. The second-order valence-electron chi connectivity index (χ2n) is 4.94. The van der Waals surface area contributed by atoms with Crippen LogP contribution in [0.1, 0.15) is 31.5 Å². The fourth-order valence-corrected chi connectivity index (χ4v) is 2.50. The smallest absolute Gasteiger partial charge is 0.130 e. The van der Waals surface area contributed by atoms with Crippen LogP contribution in [0.4, 0.5) is 0 Å². The van der Waals surface area contributed by atoms with Gasteiger partial charge >= 0.3 is 0 Å². The van der Waals surface area contributed by atoms with Crippen molar-refractivity contribution in [3.05, 3.63) is 29.5 Å². The predicted molar refractivity (Wildman–Crippen MR) is 77.8 cm³/mol. The second kappa shape index (κ2) is 5.47. The van der Waals surface area contributed by atoms with Crippen LogP contribution in [-0.2, 0) is 18.3 Å². The molecule has 0 radical (unpaired) electrons. The molecular weight excluding hydrogens is 238 g/mol. The number of hydrogen-bond donors (Lipinski definition) is 0. The molecule has 0 saturated carbocycles. The highest BCUT2D eigenvalue weighted by Gasteiger charge is 2.13. The van der Waals surface area contributed by atoms with E-state index < -0.39 is 0 Å². The number of nitrogens with zero attached hydrogens (tertiary/aromatic N) is 1. The molecule has 102 valence electrons. The summed E-state index contributed by atoms with van der Waals surface area (Å²) >= 11 is 0. The van der Waals surface area contributed by atoms with Gasteiger partial charge in [-0.1, -0.05) is 0 Å². The third-order valence-corrected chi connectivity index (χ3v) is 3.63. The van der Waals surface area contributed by atoms with Crippen molar-refractivity contribution >= 4 is 16.7 Å². The van der Waals surface area contributed by atoms with E-state index in [1.54, 1.807) is 6.92 Å². The number of benzene rings is 1. The van der Waals surface area contributed by atoms with Crippen molar-refractivity contribution in [1.82, 2.24) is 4.57 Å². The molecule has 0 spiro atoms. The Morgan fingerprint density at radius 2 is 2.11 bits per heavy atom. The minimum atomic E-state index is 0.234. The Morgan fingerprint density at radius 3 is 2.74 bits per heavy atom. The average Bonchev–Trinajstić information content (AvgIpc) is 2.60. The molecule has 19 heavy (non-hydrogen) atoms. The highest BCUT2D eigenvalue weighted by Crippen LogP contribution is 2.29. The minimum absolute atomic E-state index is 0.234. The molecule has 3 heteroatoms. The van der Waals surface area contributed by atoms with Crippen LogP contribution in [0.2, 0.25) is 0 Å². The van der Waals surface area contributed by atoms with Crippen LogP contribution in [0, 0.1) is 6.92 Å². The molecular formula is C16H21NO2. The molecule has 0 N–H and O–H groups in total. The molecule has 2 rings (SSSR count). The van der Waals surface area contributed by atoms with Crippen molar-refractivity contribution in [2.45, 2.75) is 33.6 Å². The van der Waals surface area contributed by atoms with Crippen LogP contribution < -0.4 is 4.74 Å². The molecule has 0 saturated heterocycles. The number of hydrogen-bond acceptors (Lipinski definition) is 2. The molecule has 0 aliphatic carbocycles. The zero-order valence-corrected chi connectivity index (χ0v) is 12.1. The Bertz CT molecular complexity index is 611. The number of carbonyl (C=O) groups is 1. The van der Waals surface area contributed by atoms with E-state index in [4.69, 9.17) is 4.74 Å². The van der Waals surface area contributed by atoms with Gasteiger partial charge in [0.05, 0.1) is 6.61 Å². The number of ether oxygens (including phenoxy) is 1. The number of aromatic nitrogens is 1. The lowest BCUT2D eigenvalue weighted by Crippen LogP contribution is -1.96. The lowest BCUT2D eigenvalue weighted by atomic mass is 10.0. The van der Waals surface area contributed by atoms with Crippen LogP contribution in [0.25, 0.3) is 10.9 Å². The molecule has 0 unspecified atom stereocenters. The largest absolute Gasteiger partial charge is 0.494 e. The maximum atomic E-state index is 11.2. The lowest BCUT2D eigenvalue weighted by Gasteiger charge is -2.04. The standard InChI is InChI=1S/C16H21NO2/c1-5-19-13-7-9-16-15(10-13)14(8-6-11(2)18)12(3)17(16)4/h7,9-10H,5-6,8H2,1-4H3. The molecule has 0 bridgehead atoms. The first-order valence-electron chi connectivity index (χ1n) is 6.74. The summed E-state index contributed by atoms with van der Waals surface area (Å²) in [4.78, 5) is 11.2. The fraction of sp³-hybridized carbons (Fsp3) is 0.438. The van der Waals surface area contributed by atoms with Gasteiger partial charge in [-0.2, -0.15) is 0 Å². The van der Waals surface area contributed by atoms with Crippen molar-refractivity contribution in [3.8, 4) is 5.75 Å². The summed E-state index contributed by atoms with van der Waals surface area (Å²) in [5, 5.41) is 1.20. The molecule has 3 nitrogen and oxygen atoms in total. The Labute approximate surface area is 114 Å². The first-order chi connectivity index (χ1) is 9.04. The van der Waals surface area contributed by atoms with Gasteiger partial charge in [-0.3, -0.25) is 0 Å². The van der Waals surface area contributed by atoms with Crippen molar-refractivity contribution < 1.29 is 9.53 Å². The van der Waals surface area contributed by atoms with Crippen LogP contribution in [0.3, 0.4) is 0 Å². The molecule has 0 aliphatic rings. The summed E-state index contributed by atoms with van der Waals surface area (Å²) in [6.07, 6.45) is 1.40. The quantitative estimate of drug-likeness (QED) is 0.824. The van der Waals surface area contributed by atoms with Gasteiger partial charge in [0.1, 0.15) is 11.5 Å². The monoisotopic (exact) mass is 259 g/mol. The normalized spacial score (nSPS) is 10.9. The van der Waals surface area contributed by atoms with E-state index in [1.807, 2.05) is 13.0 Å². The fourth-order valence-electron chi connectivity index (χ4n) is 2.50. The third kappa shape index (κ3) is 2.65. The number of ketones is 1. The SMILES string of the molecule is CCOc1ccc2c(c1)c(CCC(C)=O)c(C)n2C. The number of rotatable bonds is 5. The van der Waals surface area contributed by atoms with Crippen molar-refractivity contribution in [3.63, 3.8) is 0 Å². The van der Waals surface area contributed by atoms with E-state index in [1.165, 1.54) is 22.2 Å². The van der Waals surface area contributed by atoms with Crippen molar-refractivity contribution in [1.29, 1.82) is 0 Å². The highest BCUT2D eigenvalue weighted by molar-refractivity contribution is 5.87. The molecule has 2 aromatic rings. The van der Waals surface area contributed by atoms with Gasteiger partial charge in [0.2, 0.25) is 0 Å². The van der Waals surface area contributed by atoms with E-state index in [9.17, 15) is 4.79 Å². The zero-order chi connectivity index (χ0) is 14.0. The van der Waals surface area contributed by atoms with Crippen LogP contribution in [0.15, 0.2) is 18.2 Å². The summed E-state index contributed by atoms with van der Waals surface area (Å²) in [6.45, 7) is 6.40. The molecule has 1 aromatic heterocycles. The van der Waals surface area contributed by atoms with E-state index in [-0.39, 0.29) is 5.78 Å². The van der Waals surface area contributed by atoms with E-state index in [0.717, 1.165) is 12.2 Å². The molecule has 0 fully saturated rings. The zero-order valence-electron chi connectivity index (χ0n) is 12.1. The van der Waals surface area contributed by atoms with E-state index in [2.05, 4.69) is 30.7 Å². The molecule has 0 amide bonds. The van der Waals surface area contributed by atoms with Crippen LogP contribution in [-0.4, -0.2) is 17.0 Å². The molecule has 1 heterocycles. The molecule has 0 aliphatic heterocycles. The van der Waals surface area contributed by atoms with Gasteiger partial charge in [-0.25, -0.2) is 0 Å². The second-order valence-corrected chi connectivity index (χ2v) is 4.94. The summed E-state index contributed by atoms with van der Waals surface area (Å²) in [6, 6.07) is 6.17. The van der Waals surface area contributed by atoms with Gasteiger partial charge < -0.3 is 14.1 Å². The van der Waals surface area contributed by atoms with E-state index >= 15 is 0 Å². The van der Waals surface area contributed by atoms with Gasteiger partial charge in [0, 0.05) is 30.1 Å². The maximum absolute atomic E-state index is 11.2. The topological polar surface area (TPSA) is 31.2 Å². The van der Waals surface area contributed by atoms with Crippen molar-refractivity contribution in [2.24, 2.45) is 7.05 Å². The molecule has 0 atom stereocenters. The van der Waals surface area contributed by atoms with Gasteiger partial charge in [0.25, 0.3) is 0 Å². The van der Waals surface area contributed by atoms with Crippen molar-refractivity contribution in [2.75, 3.05) is 6.61 Å². The summed E-state index contributed by atoms with van der Waals surface area (Å²) in [5.74, 6) is 1.13. The first-order valence-corrected chi connectivity index (χ1v) is 6.74. The van der Waals surface area contributed by atoms with Crippen LogP contribution in [0.5, 0.6) is 5.75 Å². The minimum Gasteiger partial charge on any atom is -0.494 e. The summed E-state index contributed by atoms with van der Waals surface area (Å²) in [5.41, 5.74) is 3.68.